The Labute approximate surface area is 185 Å². The molecule has 7 nitrogen and oxygen atoms in total. The molecule has 0 unspecified atom stereocenters. The van der Waals surface area contributed by atoms with Gasteiger partial charge in [0.2, 0.25) is 0 Å². The van der Waals surface area contributed by atoms with Gasteiger partial charge in [0.1, 0.15) is 11.6 Å². The van der Waals surface area contributed by atoms with E-state index in [-0.39, 0.29) is 10.8 Å². The molecule has 0 saturated carbocycles. The van der Waals surface area contributed by atoms with E-state index >= 15 is 0 Å². The first-order valence-corrected chi connectivity index (χ1v) is 12.8. The maximum atomic E-state index is 12.5. The third-order valence-electron chi connectivity index (χ3n) is 5.35. The van der Waals surface area contributed by atoms with Crippen LogP contribution in [0.3, 0.4) is 0 Å². The number of nitrogens with zero attached hydrogens (tertiary/aromatic N) is 4. The van der Waals surface area contributed by atoms with Gasteiger partial charge in [0.25, 0.3) is 0 Å². The third kappa shape index (κ3) is 4.84. The highest BCUT2D eigenvalue weighted by Gasteiger charge is 2.21. The molecule has 0 spiro atoms. The van der Waals surface area contributed by atoms with E-state index in [1.54, 1.807) is 12.3 Å². The van der Waals surface area contributed by atoms with Crippen molar-refractivity contribution in [2.45, 2.75) is 58.3 Å². The Balaban J connectivity index is 2.16. The van der Waals surface area contributed by atoms with Crippen molar-refractivity contribution in [3.05, 3.63) is 41.6 Å². The molecule has 8 heteroatoms. The number of anilines is 3. The van der Waals surface area contributed by atoms with Crippen LogP contribution >= 0.6 is 0 Å². The standard InChI is InChI=1S/C23H33N5O2S/c1-7-13-27(14-8-2)23-17(5)22(26-21-11-12-24-28(21)23)25-19-10-9-18(16(3)4)15-20(19)31(6,29)30/h9-12,15-16H,7-8,13-14H2,1-6H3,(H,25,26). The van der Waals surface area contributed by atoms with Crippen molar-refractivity contribution in [3.63, 3.8) is 0 Å². The molecule has 2 aromatic heterocycles. The van der Waals surface area contributed by atoms with Crippen LogP contribution in [-0.2, 0) is 9.84 Å². The lowest BCUT2D eigenvalue weighted by atomic mass is 10.0. The Hall–Kier alpha value is -2.61. The largest absolute Gasteiger partial charge is 0.356 e. The van der Waals surface area contributed by atoms with Crippen molar-refractivity contribution in [3.8, 4) is 0 Å². The molecule has 0 aliphatic heterocycles. The van der Waals surface area contributed by atoms with E-state index in [4.69, 9.17) is 4.98 Å². The number of sulfone groups is 1. The van der Waals surface area contributed by atoms with E-state index in [1.165, 1.54) is 6.26 Å². The Morgan fingerprint density at radius 2 is 1.81 bits per heavy atom. The quantitative estimate of drug-likeness (QED) is 0.505. The van der Waals surface area contributed by atoms with Crippen LogP contribution < -0.4 is 10.2 Å². The number of hydrogen-bond acceptors (Lipinski definition) is 6. The Kier molecular flexibility index (Phi) is 6.89. The van der Waals surface area contributed by atoms with E-state index < -0.39 is 9.84 Å². The molecule has 168 valence electrons. The third-order valence-corrected chi connectivity index (χ3v) is 6.49. The van der Waals surface area contributed by atoms with E-state index in [0.29, 0.717) is 11.5 Å². The highest BCUT2D eigenvalue weighted by molar-refractivity contribution is 7.90. The van der Waals surface area contributed by atoms with Crippen molar-refractivity contribution in [2.24, 2.45) is 0 Å². The van der Waals surface area contributed by atoms with E-state index in [2.05, 4.69) is 43.0 Å². The summed E-state index contributed by atoms with van der Waals surface area (Å²) in [6.07, 6.45) is 5.02. The second-order valence-electron chi connectivity index (χ2n) is 8.30. The molecule has 3 rings (SSSR count). The van der Waals surface area contributed by atoms with Crippen LogP contribution in [-0.4, -0.2) is 42.4 Å². The number of nitrogens with one attached hydrogen (secondary N) is 1. The molecule has 0 bridgehead atoms. The first kappa shape index (κ1) is 23.1. The van der Waals surface area contributed by atoms with Gasteiger partial charge in [-0.15, -0.1) is 0 Å². The summed E-state index contributed by atoms with van der Waals surface area (Å²) in [4.78, 5) is 7.35. The number of rotatable bonds is 9. The lowest BCUT2D eigenvalue weighted by Gasteiger charge is -2.27. The fourth-order valence-electron chi connectivity index (χ4n) is 3.80. The van der Waals surface area contributed by atoms with Gasteiger partial charge < -0.3 is 10.2 Å². The number of aromatic nitrogens is 3. The summed E-state index contributed by atoms with van der Waals surface area (Å²) in [5.41, 5.74) is 3.18. The summed E-state index contributed by atoms with van der Waals surface area (Å²) < 4.78 is 26.9. The molecular weight excluding hydrogens is 410 g/mol. The topological polar surface area (TPSA) is 79.6 Å². The summed E-state index contributed by atoms with van der Waals surface area (Å²) >= 11 is 0. The van der Waals surface area contributed by atoms with Crippen LogP contribution in [0.1, 0.15) is 57.6 Å². The zero-order chi connectivity index (χ0) is 22.8. The molecule has 0 radical (unpaired) electrons. The SMILES string of the molecule is CCCN(CCC)c1c(C)c(Nc2ccc(C(C)C)cc2S(C)(=O)=O)nc2ccnn12. The van der Waals surface area contributed by atoms with Gasteiger partial charge in [-0.3, -0.25) is 0 Å². The second kappa shape index (κ2) is 9.26. The first-order chi connectivity index (χ1) is 14.7. The van der Waals surface area contributed by atoms with Crippen LogP contribution in [0.15, 0.2) is 35.4 Å². The molecule has 1 aromatic carbocycles. The van der Waals surface area contributed by atoms with Gasteiger partial charge in [-0.1, -0.05) is 33.8 Å². The fourth-order valence-corrected chi connectivity index (χ4v) is 4.67. The van der Waals surface area contributed by atoms with Gasteiger partial charge in [-0.2, -0.15) is 9.61 Å². The Morgan fingerprint density at radius 1 is 1.13 bits per heavy atom. The lowest BCUT2D eigenvalue weighted by molar-refractivity contribution is 0.602. The minimum atomic E-state index is -3.42. The molecular formula is C23H33N5O2S. The van der Waals surface area contributed by atoms with Crippen LogP contribution in [0.2, 0.25) is 0 Å². The Bertz CT molecular complexity index is 1160. The fraction of sp³-hybridized carbons (Fsp3) is 0.478. The normalized spacial score (nSPS) is 12.0. The van der Waals surface area contributed by atoms with Gasteiger partial charge in [-0.25, -0.2) is 13.4 Å². The van der Waals surface area contributed by atoms with Crippen molar-refractivity contribution in [1.82, 2.24) is 14.6 Å². The molecule has 3 aromatic rings. The molecule has 0 aliphatic carbocycles. The molecule has 0 fully saturated rings. The summed E-state index contributed by atoms with van der Waals surface area (Å²) in [6.45, 7) is 12.2. The van der Waals surface area contributed by atoms with E-state index in [0.717, 1.165) is 48.5 Å². The van der Waals surface area contributed by atoms with Crippen molar-refractivity contribution in [2.75, 3.05) is 29.6 Å². The maximum Gasteiger partial charge on any atom is 0.177 e. The zero-order valence-electron chi connectivity index (χ0n) is 19.3. The highest BCUT2D eigenvalue weighted by Crippen LogP contribution is 2.32. The zero-order valence-corrected chi connectivity index (χ0v) is 20.1. The minimum Gasteiger partial charge on any atom is -0.356 e. The van der Waals surface area contributed by atoms with Crippen LogP contribution in [0.25, 0.3) is 5.65 Å². The van der Waals surface area contributed by atoms with E-state index in [1.807, 2.05) is 29.6 Å². The molecule has 0 aliphatic rings. The van der Waals surface area contributed by atoms with Gasteiger partial charge in [0, 0.05) is 31.0 Å². The Morgan fingerprint density at radius 3 is 2.39 bits per heavy atom. The summed E-state index contributed by atoms with van der Waals surface area (Å²) in [7, 11) is -3.42. The van der Waals surface area contributed by atoms with Gasteiger partial charge in [0.05, 0.1) is 16.8 Å². The van der Waals surface area contributed by atoms with Crippen molar-refractivity contribution < 1.29 is 8.42 Å². The number of hydrogen-bond donors (Lipinski definition) is 1. The average molecular weight is 444 g/mol. The summed E-state index contributed by atoms with van der Waals surface area (Å²) in [6, 6.07) is 7.43. The van der Waals surface area contributed by atoms with Gasteiger partial charge in [-0.05, 0) is 43.4 Å². The first-order valence-electron chi connectivity index (χ1n) is 10.9. The molecule has 31 heavy (non-hydrogen) atoms. The van der Waals surface area contributed by atoms with Crippen molar-refractivity contribution >= 4 is 32.8 Å². The molecule has 2 heterocycles. The summed E-state index contributed by atoms with van der Waals surface area (Å²) in [5.74, 6) is 1.86. The average Bonchev–Trinajstić information content (AvgIpc) is 3.15. The van der Waals surface area contributed by atoms with Crippen molar-refractivity contribution in [1.29, 1.82) is 0 Å². The number of fused-ring (bicyclic) bond motifs is 1. The molecule has 0 saturated heterocycles. The maximum absolute atomic E-state index is 12.5. The minimum absolute atomic E-state index is 0.237. The van der Waals surface area contributed by atoms with Gasteiger partial charge in [0.15, 0.2) is 15.5 Å². The number of benzene rings is 1. The summed E-state index contributed by atoms with van der Waals surface area (Å²) in [5, 5.41) is 7.81. The van der Waals surface area contributed by atoms with E-state index in [9.17, 15) is 8.42 Å². The van der Waals surface area contributed by atoms with Crippen LogP contribution in [0.5, 0.6) is 0 Å². The monoisotopic (exact) mass is 443 g/mol. The smallest absolute Gasteiger partial charge is 0.177 e. The highest BCUT2D eigenvalue weighted by atomic mass is 32.2. The van der Waals surface area contributed by atoms with Crippen LogP contribution in [0, 0.1) is 6.92 Å². The predicted molar refractivity (Wildman–Crippen MR) is 127 cm³/mol. The second-order valence-corrected chi connectivity index (χ2v) is 10.3. The predicted octanol–water partition coefficient (Wildman–Crippen LogP) is 4.93. The lowest BCUT2D eigenvalue weighted by Crippen LogP contribution is -2.28. The van der Waals surface area contributed by atoms with Crippen LogP contribution in [0.4, 0.5) is 17.3 Å². The molecule has 1 N–H and O–H groups in total. The molecule has 0 amide bonds. The molecule has 0 atom stereocenters. The van der Waals surface area contributed by atoms with Gasteiger partial charge >= 0.3 is 0 Å².